The maximum Gasteiger partial charge on any atom is 0.243 e. The lowest BCUT2D eigenvalue weighted by Crippen LogP contribution is -2.42. The van der Waals surface area contributed by atoms with Crippen molar-refractivity contribution in [3.63, 3.8) is 0 Å². The van der Waals surface area contributed by atoms with Crippen LogP contribution in [0.25, 0.3) is 10.8 Å². The number of nitrogens with two attached hydrogens (primary N) is 1. The van der Waals surface area contributed by atoms with Crippen molar-refractivity contribution in [1.82, 2.24) is 4.31 Å². The maximum absolute atomic E-state index is 12.6. The van der Waals surface area contributed by atoms with E-state index in [1.54, 1.807) is 16.4 Å². The largest absolute Gasteiger partial charge is 0.328 e. The van der Waals surface area contributed by atoms with Crippen LogP contribution in [0.1, 0.15) is 12.8 Å². The Labute approximate surface area is 131 Å². The van der Waals surface area contributed by atoms with E-state index >= 15 is 0 Å². The summed E-state index contributed by atoms with van der Waals surface area (Å²) in [5.41, 5.74) is 5.83. The lowest BCUT2D eigenvalue weighted by Gasteiger charge is -2.29. The predicted molar refractivity (Wildman–Crippen MR) is 87.2 cm³/mol. The summed E-state index contributed by atoms with van der Waals surface area (Å²) < 4.78 is 26.8. The second-order valence-corrected chi connectivity index (χ2v) is 7.19. The molecule has 2 aromatic rings. The SMILES string of the molecule is Cl.NC1CCN(S(=O)(=O)c2ccc3ccccc3c2)CC1. The average molecular weight is 327 g/mol. The Bertz CT molecular complexity index is 725. The molecule has 4 nitrogen and oxygen atoms in total. The number of benzene rings is 2. The molecule has 1 fully saturated rings. The van der Waals surface area contributed by atoms with E-state index in [0.29, 0.717) is 18.0 Å². The molecule has 2 aromatic carbocycles. The van der Waals surface area contributed by atoms with Gasteiger partial charge in [-0.2, -0.15) is 4.31 Å². The second kappa shape index (κ2) is 6.32. The fourth-order valence-electron chi connectivity index (χ4n) is 2.59. The highest BCUT2D eigenvalue weighted by Crippen LogP contribution is 2.24. The minimum absolute atomic E-state index is 0. The van der Waals surface area contributed by atoms with Crippen LogP contribution in [-0.2, 0) is 10.0 Å². The van der Waals surface area contributed by atoms with Crippen LogP contribution < -0.4 is 5.73 Å². The van der Waals surface area contributed by atoms with E-state index in [1.807, 2.05) is 30.3 Å². The monoisotopic (exact) mass is 326 g/mol. The molecule has 0 saturated carbocycles. The Kier molecular flexibility index (Phi) is 4.88. The van der Waals surface area contributed by atoms with Crippen molar-refractivity contribution in [3.8, 4) is 0 Å². The molecule has 0 amide bonds. The topological polar surface area (TPSA) is 63.4 Å². The van der Waals surface area contributed by atoms with Crippen LogP contribution in [-0.4, -0.2) is 31.9 Å². The lowest BCUT2D eigenvalue weighted by atomic mass is 10.1. The molecule has 0 aliphatic carbocycles. The normalized spacial score (nSPS) is 17.6. The van der Waals surface area contributed by atoms with Crippen LogP contribution in [0.5, 0.6) is 0 Å². The highest BCUT2D eigenvalue weighted by molar-refractivity contribution is 7.89. The van der Waals surface area contributed by atoms with Gasteiger partial charge in [-0.25, -0.2) is 8.42 Å². The molecule has 0 unspecified atom stereocenters. The van der Waals surface area contributed by atoms with E-state index in [1.165, 1.54) is 0 Å². The van der Waals surface area contributed by atoms with Crippen molar-refractivity contribution in [1.29, 1.82) is 0 Å². The molecule has 1 aliphatic rings. The van der Waals surface area contributed by atoms with Gasteiger partial charge in [-0.15, -0.1) is 12.4 Å². The first-order valence-corrected chi connectivity index (χ1v) is 8.26. The fraction of sp³-hybridized carbons (Fsp3) is 0.333. The van der Waals surface area contributed by atoms with E-state index in [0.717, 1.165) is 23.6 Å². The zero-order valence-corrected chi connectivity index (χ0v) is 13.2. The van der Waals surface area contributed by atoms with Gasteiger partial charge >= 0.3 is 0 Å². The van der Waals surface area contributed by atoms with E-state index in [4.69, 9.17) is 5.73 Å². The van der Waals surface area contributed by atoms with Gasteiger partial charge in [0, 0.05) is 19.1 Å². The van der Waals surface area contributed by atoms with E-state index in [-0.39, 0.29) is 18.4 Å². The quantitative estimate of drug-likeness (QED) is 0.921. The standard InChI is InChI=1S/C15H18N2O2S.ClH/c16-14-7-9-17(10-8-14)20(18,19)15-6-5-12-3-1-2-4-13(12)11-15;/h1-6,11,14H,7-10,16H2;1H. The molecule has 6 heteroatoms. The lowest BCUT2D eigenvalue weighted by molar-refractivity contribution is 0.320. The first-order valence-electron chi connectivity index (χ1n) is 6.82. The van der Waals surface area contributed by atoms with Gasteiger partial charge in [0.1, 0.15) is 0 Å². The van der Waals surface area contributed by atoms with Gasteiger partial charge in [-0.05, 0) is 35.7 Å². The third kappa shape index (κ3) is 3.21. The fourth-order valence-corrected chi connectivity index (χ4v) is 4.10. The molecule has 1 saturated heterocycles. The highest BCUT2D eigenvalue weighted by atomic mass is 35.5. The average Bonchev–Trinajstić information content (AvgIpc) is 2.47. The van der Waals surface area contributed by atoms with Gasteiger partial charge in [0.2, 0.25) is 10.0 Å². The summed E-state index contributed by atoms with van der Waals surface area (Å²) in [7, 11) is -3.40. The van der Waals surface area contributed by atoms with Crippen molar-refractivity contribution < 1.29 is 8.42 Å². The van der Waals surface area contributed by atoms with Gasteiger partial charge in [0.25, 0.3) is 0 Å². The molecule has 0 spiro atoms. The Morgan fingerprint density at radius 3 is 2.29 bits per heavy atom. The smallest absolute Gasteiger partial charge is 0.243 e. The summed E-state index contributed by atoms with van der Waals surface area (Å²) in [5.74, 6) is 0. The summed E-state index contributed by atoms with van der Waals surface area (Å²) in [5, 5.41) is 1.99. The molecule has 2 N–H and O–H groups in total. The molecule has 0 atom stereocenters. The zero-order chi connectivity index (χ0) is 14.2. The number of hydrogen-bond acceptors (Lipinski definition) is 3. The number of fused-ring (bicyclic) bond motifs is 1. The van der Waals surface area contributed by atoms with Crippen LogP contribution in [0.4, 0.5) is 0 Å². The molecule has 3 rings (SSSR count). The molecular formula is C15H19ClN2O2S. The molecule has 21 heavy (non-hydrogen) atoms. The van der Waals surface area contributed by atoms with Gasteiger partial charge in [0.05, 0.1) is 4.90 Å². The summed E-state index contributed by atoms with van der Waals surface area (Å²) in [6, 6.07) is 13.2. The minimum atomic E-state index is -3.40. The van der Waals surface area contributed by atoms with Crippen molar-refractivity contribution in [2.75, 3.05) is 13.1 Å². The zero-order valence-electron chi connectivity index (χ0n) is 11.6. The second-order valence-electron chi connectivity index (χ2n) is 5.25. The molecule has 0 bridgehead atoms. The highest BCUT2D eigenvalue weighted by Gasteiger charge is 2.28. The summed E-state index contributed by atoms with van der Waals surface area (Å²) >= 11 is 0. The Morgan fingerprint density at radius 1 is 1.00 bits per heavy atom. The van der Waals surface area contributed by atoms with Gasteiger partial charge < -0.3 is 5.73 Å². The van der Waals surface area contributed by atoms with Crippen molar-refractivity contribution in [2.24, 2.45) is 5.73 Å². The molecular weight excluding hydrogens is 308 g/mol. The molecule has 0 radical (unpaired) electrons. The van der Waals surface area contributed by atoms with E-state index in [9.17, 15) is 8.42 Å². The van der Waals surface area contributed by atoms with Crippen molar-refractivity contribution in [2.45, 2.75) is 23.8 Å². The number of halogens is 1. The van der Waals surface area contributed by atoms with Gasteiger partial charge in [-0.1, -0.05) is 30.3 Å². The Morgan fingerprint density at radius 2 is 1.62 bits per heavy atom. The number of hydrogen-bond donors (Lipinski definition) is 1. The summed E-state index contributed by atoms with van der Waals surface area (Å²) in [6.07, 6.45) is 1.46. The Hall–Kier alpha value is -1.14. The number of sulfonamides is 1. The molecule has 114 valence electrons. The van der Waals surface area contributed by atoms with Crippen LogP contribution in [0.15, 0.2) is 47.4 Å². The first kappa shape index (κ1) is 16.2. The third-order valence-corrected chi connectivity index (χ3v) is 5.75. The number of rotatable bonds is 2. The van der Waals surface area contributed by atoms with Crippen LogP contribution in [0.3, 0.4) is 0 Å². The molecule has 1 aliphatic heterocycles. The Balaban J connectivity index is 0.00000161. The predicted octanol–water partition coefficient (Wildman–Crippen LogP) is 2.37. The summed E-state index contributed by atoms with van der Waals surface area (Å²) in [4.78, 5) is 0.367. The molecule has 0 aromatic heterocycles. The van der Waals surface area contributed by atoms with Crippen LogP contribution in [0.2, 0.25) is 0 Å². The summed E-state index contributed by atoms with van der Waals surface area (Å²) in [6.45, 7) is 1.02. The van der Waals surface area contributed by atoms with Gasteiger partial charge in [-0.3, -0.25) is 0 Å². The third-order valence-electron chi connectivity index (χ3n) is 3.86. The number of nitrogens with zero attached hydrogens (tertiary/aromatic N) is 1. The van der Waals surface area contributed by atoms with E-state index < -0.39 is 10.0 Å². The molecule has 1 heterocycles. The van der Waals surface area contributed by atoms with Gasteiger partial charge in [0.15, 0.2) is 0 Å². The van der Waals surface area contributed by atoms with Crippen molar-refractivity contribution in [3.05, 3.63) is 42.5 Å². The minimum Gasteiger partial charge on any atom is -0.328 e. The maximum atomic E-state index is 12.6. The van der Waals surface area contributed by atoms with Crippen LogP contribution >= 0.6 is 12.4 Å². The first-order chi connectivity index (χ1) is 9.57. The van der Waals surface area contributed by atoms with Crippen molar-refractivity contribution >= 4 is 33.2 Å². The van der Waals surface area contributed by atoms with Crippen LogP contribution in [0, 0.1) is 0 Å². The van der Waals surface area contributed by atoms with E-state index in [2.05, 4.69) is 0 Å². The number of piperidine rings is 1.